The topological polar surface area (TPSA) is 53.4 Å². The van der Waals surface area contributed by atoms with Gasteiger partial charge in [-0.25, -0.2) is 4.39 Å². The zero-order valence-electron chi connectivity index (χ0n) is 16.4. The third kappa shape index (κ3) is 4.30. The van der Waals surface area contributed by atoms with Crippen molar-refractivity contribution in [3.63, 3.8) is 0 Å². The maximum Gasteiger partial charge on any atom is 0.123 e. The van der Waals surface area contributed by atoms with Crippen molar-refractivity contribution in [2.24, 2.45) is 5.92 Å². The number of halogens is 1. The molecule has 3 nitrogen and oxygen atoms in total. The first-order valence-electron chi connectivity index (χ1n) is 9.33. The molecule has 1 heterocycles. The first kappa shape index (κ1) is 20.5. The van der Waals surface area contributed by atoms with Crippen molar-refractivity contribution in [3.8, 4) is 11.1 Å². The number of benzene rings is 1. The lowest BCUT2D eigenvalue weighted by Crippen LogP contribution is -2.15. The van der Waals surface area contributed by atoms with Crippen LogP contribution < -0.4 is 0 Å². The molecule has 0 amide bonds. The largest absolute Gasteiger partial charge is 0.396 e. The Hall–Kier alpha value is -1.78. The summed E-state index contributed by atoms with van der Waals surface area (Å²) in [5.41, 5.74) is 5.54. The second-order valence-corrected chi connectivity index (χ2v) is 7.68. The molecule has 2 N–H and O–H groups in total. The van der Waals surface area contributed by atoms with Gasteiger partial charge in [0.1, 0.15) is 5.82 Å². The van der Waals surface area contributed by atoms with Crippen molar-refractivity contribution in [2.45, 2.75) is 59.5 Å². The van der Waals surface area contributed by atoms with E-state index in [0.717, 1.165) is 33.6 Å². The Bertz CT molecular complexity index is 739. The fourth-order valence-electron chi connectivity index (χ4n) is 3.40. The zero-order chi connectivity index (χ0) is 19.4. The monoisotopic (exact) mass is 359 g/mol. The van der Waals surface area contributed by atoms with Gasteiger partial charge in [0.05, 0.1) is 6.61 Å². The standard InChI is InChI=1S/C22H30FNO2/c1-13(2)21-18(10-15(5)11-25)20(16-6-8-17(23)9-7-16)19(12-26)22(24-21)14(3)4/h6-9,13-15,25-26H,10-12H2,1-5H3. The molecule has 1 atom stereocenters. The molecule has 0 radical (unpaired) electrons. The van der Waals surface area contributed by atoms with Gasteiger partial charge < -0.3 is 10.2 Å². The van der Waals surface area contributed by atoms with E-state index >= 15 is 0 Å². The summed E-state index contributed by atoms with van der Waals surface area (Å²) in [7, 11) is 0. The van der Waals surface area contributed by atoms with Gasteiger partial charge in [-0.05, 0) is 53.0 Å². The van der Waals surface area contributed by atoms with Gasteiger partial charge in [-0.3, -0.25) is 4.98 Å². The number of nitrogens with zero attached hydrogens (tertiary/aromatic N) is 1. The van der Waals surface area contributed by atoms with Crippen LogP contribution in [0.4, 0.5) is 4.39 Å². The lowest BCUT2D eigenvalue weighted by molar-refractivity contribution is 0.236. The van der Waals surface area contributed by atoms with Gasteiger partial charge in [0.2, 0.25) is 0 Å². The van der Waals surface area contributed by atoms with Crippen LogP contribution in [0.5, 0.6) is 0 Å². The smallest absolute Gasteiger partial charge is 0.123 e. The van der Waals surface area contributed by atoms with Crippen LogP contribution in [0.3, 0.4) is 0 Å². The van der Waals surface area contributed by atoms with Gasteiger partial charge >= 0.3 is 0 Å². The number of hydrogen-bond donors (Lipinski definition) is 2. The van der Waals surface area contributed by atoms with Gasteiger partial charge in [-0.2, -0.15) is 0 Å². The zero-order valence-corrected chi connectivity index (χ0v) is 16.4. The average Bonchev–Trinajstić information content (AvgIpc) is 2.61. The molecule has 0 aliphatic heterocycles. The van der Waals surface area contributed by atoms with Crippen molar-refractivity contribution in [3.05, 3.63) is 52.6 Å². The highest BCUT2D eigenvalue weighted by molar-refractivity contribution is 5.73. The Balaban J connectivity index is 2.86. The van der Waals surface area contributed by atoms with E-state index in [2.05, 4.69) is 27.7 Å². The van der Waals surface area contributed by atoms with Crippen LogP contribution in [-0.4, -0.2) is 21.8 Å². The number of hydrogen-bond acceptors (Lipinski definition) is 3. The average molecular weight is 359 g/mol. The second kappa shape index (κ2) is 8.74. The molecule has 2 rings (SSSR count). The van der Waals surface area contributed by atoms with Crippen LogP contribution in [0.25, 0.3) is 11.1 Å². The van der Waals surface area contributed by atoms with Crippen molar-refractivity contribution in [2.75, 3.05) is 6.61 Å². The van der Waals surface area contributed by atoms with Gasteiger partial charge in [-0.15, -0.1) is 0 Å². The fourth-order valence-corrected chi connectivity index (χ4v) is 3.40. The fraction of sp³-hybridized carbons (Fsp3) is 0.500. The molecule has 1 aromatic carbocycles. The van der Waals surface area contributed by atoms with Crippen molar-refractivity contribution in [1.82, 2.24) is 4.98 Å². The van der Waals surface area contributed by atoms with E-state index in [1.54, 1.807) is 12.1 Å². The Labute approximate surface area is 155 Å². The van der Waals surface area contributed by atoms with Crippen LogP contribution in [-0.2, 0) is 13.0 Å². The number of aromatic nitrogens is 1. The second-order valence-electron chi connectivity index (χ2n) is 7.68. The van der Waals surface area contributed by atoms with Crippen LogP contribution in [0.1, 0.15) is 69.0 Å². The van der Waals surface area contributed by atoms with Crippen molar-refractivity contribution < 1.29 is 14.6 Å². The molecule has 0 aliphatic rings. The molecule has 1 unspecified atom stereocenters. The van der Waals surface area contributed by atoms with E-state index in [0.29, 0.717) is 6.42 Å². The summed E-state index contributed by atoms with van der Waals surface area (Å²) >= 11 is 0. The van der Waals surface area contributed by atoms with Crippen molar-refractivity contribution >= 4 is 0 Å². The molecule has 1 aromatic heterocycles. The number of aliphatic hydroxyl groups is 2. The summed E-state index contributed by atoms with van der Waals surface area (Å²) in [5.74, 6) is 0.162. The lowest BCUT2D eigenvalue weighted by atomic mass is 9.84. The molecule has 26 heavy (non-hydrogen) atoms. The summed E-state index contributed by atoms with van der Waals surface area (Å²) in [5, 5.41) is 19.7. The molecule has 0 saturated carbocycles. The molecule has 0 spiro atoms. The third-order valence-corrected chi connectivity index (χ3v) is 4.71. The van der Waals surface area contributed by atoms with Crippen molar-refractivity contribution in [1.29, 1.82) is 0 Å². The Morgan fingerprint density at radius 1 is 0.885 bits per heavy atom. The molecule has 142 valence electrons. The molecular weight excluding hydrogens is 329 g/mol. The summed E-state index contributed by atoms with van der Waals surface area (Å²) in [6.07, 6.45) is 0.662. The minimum absolute atomic E-state index is 0.0740. The number of aliphatic hydroxyl groups excluding tert-OH is 2. The van der Waals surface area contributed by atoms with Gasteiger partial charge in [0.25, 0.3) is 0 Å². The summed E-state index contributed by atoms with van der Waals surface area (Å²) in [6.45, 7) is 10.3. The normalized spacial score (nSPS) is 12.8. The van der Waals surface area contributed by atoms with E-state index in [1.165, 1.54) is 12.1 Å². The summed E-state index contributed by atoms with van der Waals surface area (Å²) in [4.78, 5) is 4.92. The molecule has 0 saturated heterocycles. The third-order valence-electron chi connectivity index (χ3n) is 4.71. The predicted molar refractivity (Wildman–Crippen MR) is 104 cm³/mol. The summed E-state index contributed by atoms with van der Waals surface area (Å²) in [6, 6.07) is 6.40. The Morgan fingerprint density at radius 3 is 1.88 bits per heavy atom. The predicted octanol–water partition coefficient (Wildman–Crippen LogP) is 4.80. The number of rotatable bonds is 7. The maximum absolute atomic E-state index is 13.5. The minimum atomic E-state index is -0.285. The van der Waals surface area contributed by atoms with Crippen LogP contribution in [0.2, 0.25) is 0 Å². The molecule has 4 heteroatoms. The molecule has 0 aliphatic carbocycles. The first-order valence-corrected chi connectivity index (χ1v) is 9.33. The molecular formula is C22H30FNO2. The molecule has 0 bridgehead atoms. The van der Waals surface area contributed by atoms with E-state index in [9.17, 15) is 14.6 Å². The van der Waals surface area contributed by atoms with E-state index in [1.807, 2.05) is 6.92 Å². The van der Waals surface area contributed by atoms with Gasteiger partial charge in [0, 0.05) is 23.6 Å². The first-order chi connectivity index (χ1) is 12.3. The van der Waals surface area contributed by atoms with Gasteiger partial charge in [-0.1, -0.05) is 46.8 Å². The Kier molecular flexibility index (Phi) is 6.90. The van der Waals surface area contributed by atoms with Crippen LogP contribution in [0, 0.1) is 11.7 Å². The SMILES string of the molecule is CC(CO)Cc1c(C(C)C)nc(C(C)C)c(CO)c1-c1ccc(F)cc1. The summed E-state index contributed by atoms with van der Waals surface area (Å²) < 4.78 is 13.5. The van der Waals surface area contributed by atoms with E-state index < -0.39 is 0 Å². The maximum atomic E-state index is 13.5. The Morgan fingerprint density at radius 2 is 1.42 bits per heavy atom. The quantitative estimate of drug-likeness (QED) is 0.747. The van der Waals surface area contributed by atoms with E-state index in [-0.39, 0.29) is 36.8 Å². The van der Waals surface area contributed by atoms with E-state index in [4.69, 9.17) is 4.98 Å². The highest BCUT2D eigenvalue weighted by Gasteiger charge is 2.24. The number of pyridine rings is 1. The lowest BCUT2D eigenvalue weighted by Gasteiger charge is -2.25. The van der Waals surface area contributed by atoms with Crippen LogP contribution in [0.15, 0.2) is 24.3 Å². The minimum Gasteiger partial charge on any atom is -0.396 e. The molecule has 0 fully saturated rings. The highest BCUT2D eigenvalue weighted by Crippen LogP contribution is 2.37. The van der Waals surface area contributed by atoms with Gasteiger partial charge in [0.15, 0.2) is 0 Å². The molecule has 2 aromatic rings. The van der Waals surface area contributed by atoms with Crippen LogP contribution >= 0.6 is 0 Å². The highest BCUT2D eigenvalue weighted by atomic mass is 19.1.